The Labute approximate surface area is 197 Å². The zero-order valence-corrected chi connectivity index (χ0v) is 19.3. The lowest BCUT2D eigenvalue weighted by atomic mass is 10.1. The predicted octanol–water partition coefficient (Wildman–Crippen LogP) is 3.56. The molecule has 2 unspecified atom stereocenters. The summed E-state index contributed by atoms with van der Waals surface area (Å²) in [7, 11) is 3.08. The number of nitrogens with zero attached hydrogens (tertiary/aromatic N) is 2. The van der Waals surface area contributed by atoms with Gasteiger partial charge < -0.3 is 20.1 Å². The van der Waals surface area contributed by atoms with Gasteiger partial charge in [0.25, 0.3) is 0 Å². The minimum atomic E-state index is -0.601. The third-order valence-corrected chi connectivity index (χ3v) is 5.52. The van der Waals surface area contributed by atoms with E-state index >= 15 is 0 Å². The fourth-order valence-corrected chi connectivity index (χ4v) is 3.75. The number of methoxy groups -OCH3 is 2. The number of rotatable bonds is 7. The highest BCUT2D eigenvalue weighted by Gasteiger charge is 2.28. The molecule has 0 radical (unpaired) electrons. The van der Waals surface area contributed by atoms with Crippen molar-refractivity contribution < 1.29 is 19.1 Å². The van der Waals surface area contributed by atoms with Crippen molar-refractivity contribution in [2.75, 3.05) is 24.9 Å². The van der Waals surface area contributed by atoms with E-state index in [1.165, 1.54) is 14.2 Å². The van der Waals surface area contributed by atoms with Crippen LogP contribution in [0.25, 0.3) is 11.3 Å². The summed E-state index contributed by atoms with van der Waals surface area (Å²) in [5.41, 5.74) is 2.04. The number of hydrogen-bond donors (Lipinski definition) is 4. The van der Waals surface area contributed by atoms with E-state index < -0.39 is 12.3 Å². The van der Waals surface area contributed by atoms with Crippen LogP contribution >= 0.6 is 0 Å². The highest BCUT2D eigenvalue weighted by atomic mass is 16.5. The largest absolute Gasteiger partial charge is 0.497 e. The van der Waals surface area contributed by atoms with Crippen molar-refractivity contribution in [2.45, 2.75) is 32.1 Å². The van der Waals surface area contributed by atoms with Crippen LogP contribution in [0, 0.1) is 0 Å². The normalized spacial score (nSPS) is 17.6. The van der Waals surface area contributed by atoms with Crippen molar-refractivity contribution in [3.8, 4) is 22.8 Å². The van der Waals surface area contributed by atoms with E-state index in [0.717, 1.165) is 12.0 Å². The minimum absolute atomic E-state index is 0.00838. The molecular formula is C24H28N6O4. The summed E-state index contributed by atoms with van der Waals surface area (Å²) < 4.78 is 12.1. The monoisotopic (exact) mass is 464 g/mol. The number of carbonyl (C=O) groups excluding carboxylic acids is 2. The Morgan fingerprint density at radius 1 is 1.09 bits per heavy atom. The molecule has 0 bridgehead atoms. The smallest absolute Gasteiger partial charge is 0.324 e. The van der Waals surface area contributed by atoms with Gasteiger partial charge in [-0.2, -0.15) is 5.10 Å². The fourth-order valence-electron chi connectivity index (χ4n) is 3.75. The first-order chi connectivity index (χ1) is 16.5. The molecule has 10 nitrogen and oxygen atoms in total. The molecule has 1 saturated heterocycles. The van der Waals surface area contributed by atoms with Crippen LogP contribution in [0.4, 0.5) is 16.3 Å². The average Bonchev–Trinajstić information content (AvgIpc) is 3.27. The number of aromatic nitrogens is 2. The van der Waals surface area contributed by atoms with Crippen LogP contribution in [-0.4, -0.2) is 42.0 Å². The molecule has 1 aliphatic heterocycles. The number of ether oxygens (including phenoxy) is 2. The molecule has 1 aliphatic rings. The first kappa shape index (κ1) is 23.1. The van der Waals surface area contributed by atoms with Gasteiger partial charge in [-0.1, -0.05) is 37.3 Å². The standard InChI is InChI=1S/C24H28N6O4/c1-4-16-12-22(31)28-23(25-16)30-21(14-20(29-30)15-8-6-5-7-9-15)27-24(32)26-17-10-18(33-2)13-19(11-17)34-3/h5-11,13-14,16,23,25H,4,12H2,1-3H3,(H,28,31)(H2,26,27,32). The second-order valence-corrected chi connectivity index (χ2v) is 7.85. The molecule has 3 aromatic rings. The lowest BCUT2D eigenvalue weighted by Crippen LogP contribution is -2.53. The number of urea groups is 1. The third kappa shape index (κ3) is 5.29. The Hall–Kier alpha value is -4.05. The van der Waals surface area contributed by atoms with E-state index in [2.05, 4.69) is 26.4 Å². The molecule has 2 aromatic carbocycles. The lowest BCUT2D eigenvalue weighted by molar-refractivity contribution is -0.125. The maximum atomic E-state index is 12.9. The lowest BCUT2D eigenvalue weighted by Gasteiger charge is -2.31. The van der Waals surface area contributed by atoms with Gasteiger partial charge in [-0.05, 0) is 6.42 Å². The van der Waals surface area contributed by atoms with E-state index in [1.807, 2.05) is 37.3 Å². The van der Waals surface area contributed by atoms with Gasteiger partial charge in [0, 0.05) is 48.0 Å². The maximum Gasteiger partial charge on any atom is 0.324 e. The fraction of sp³-hybridized carbons (Fsp3) is 0.292. The Kier molecular flexibility index (Phi) is 6.98. The highest BCUT2D eigenvalue weighted by Crippen LogP contribution is 2.27. The molecule has 0 spiro atoms. The SMILES string of the molecule is CCC1CC(=O)NC(n2nc(-c3ccccc3)cc2NC(=O)Nc2cc(OC)cc(OC)c2)N1. The average molecular weight is 465 g/mol. The molecule has 4 rings (SSSR count). The van der Waals surface area contributed by atoms with Crippen molar-refractivity contribution in [2.24, 2.45) is 0 Å². The zero-order valence-electron chi connectivity index (χ0n) is 19.3. The first-order valence-electron chi connectivity index (χ1n) is 11.0. The van der Waals surface area contributed by atoms with Crippen LogP contribution in [0.15, 0.2) is 54.6 Å². The van der Waals surface area contributed by atoms with Crippen LogP contribution in [0.2, 0.25) is 0 Å². The number of nitrogens with one attached hydrogen (secondary N) is 4. The van der Waals surface area contributed by atoms with Gasteiger partial charge in [-0.25, -0.2) is 9.48 Å². The van der Waals surface area contributed by atoms with Gasteiger partial charge in [0.2, 0.25) is 5.91 Å². The Morgan fingerprint density at radius 3 is 2.44 bits per heavy atom. The number of amides is 3. The summed E-state index contributed by atoms with van der Waals surface area (Å²) in [6.45, 7) is 2.01. The Bertz CT molecular complexity index is 1140. The molecular weight excluding hydrogens is 436 g/mol. The molecule has 178 valence electrons. The second kappa shape index (κ2) is 10.3. The van der Waals surface area contributed by atoms with Crippen molar-refractivity contribution in [1.29, 1.82) is 0 Å². The molecule has 34 heavy (non-hydrogen) atoms. The molecule has 0 aliphatic carbocycles. The number of hydrogen-bond acceptors (Lipinski definition) is 6. The summed E-state index contributed by atoms with van der Waals surface area (Å²) >= 11 is 0. The van der Waals surface area contributed by atoms with Crippen molar-refractivity contribution >= 4 is 23.4 Å². The summed E-state index contributed by atoms with van der Waals surface area (Å²) in [6, 6.07) is 16.0. The molecule has 10 heteroatoms. The first-order valence-corrected chi connectivity index (χ1v) is 11.0. The van der Waals surface area contributed by atoms with Crippen molar-refractivity contribution in [1.82, 2.24) is 20.4 Å². The topological polar surface area (TPSA) is 119 Å². The molecule has 3 amide bonds. The van der Waals surface area contributed by atoms with E-state index in [-0.39, 0.29) is 11.9 Å². The predicted molar refractivity (Wildman–Crippen MR) is 129 cm³/mol. The molecule has 1 aromatic heterocycles. The molecule has 2 heterocycles. The zero-order chi connectivity index (χ0) is 24.1. The molecule has 0 saturated carbocycles. The van der Waals surface area contributed by atoms with Gasteiger partial charge in [0.1, 0.15) is 17.3 Å². The van der Waals surface area contributed by atoms with Crippen molar-refractivity contribution in [3.05, 3.63) is 54.6 Å². The number of carbonyl (C=O) groups is 2. The second-order valence-electron chi connectivity index (χ2n) is 7.85. The minimum Gasteiger partial charge on any atom is -0.497 e. The van der Waals surface area contributed by atoms with Gasteiger partial charge in [-0.15, -0.1) is 0 Å². The summed E-state index contributed by atoms with van der Waals surface area (Å²) in [5.74, 6) is 1.43. The van der Waals surface area contributed by atoms with E-state index in [9.17, 15) is 9.59 Å². The van der Waals surface area contributed by atoms with Gasteiger partial charge in [0.15, 0.2) is 6.29 Å². The van der Waals surface area contributed by atoms with E-state index in [0.29, 0.717) is 35.1 Å². The van der Waals surface area contributed by atoms with Crippen molar-refractivity contribution in [3.63, 3.8) is 0 Å². The Balaban J connectivity index is 1.61. The maximum absolute atomic E-state index is 12.9. The van der Waals surface area contributed by atoms with E-state index in [4.69, 9.17) is 9.47 Å². The van der Waals surface area contributed by atoms with Crippen LogP contribution < -0.4 is 30.7 Å². The summed E-state index contributed by atoms with van der Waals surface area (Å²) in [5, 5.41) is 16.6. The summed E-state index contributed by atoms with van der Waals surface area (Å²) in [4.78, 5) is 25.2. The van der Waals surface area contributed by atoms with Gasteiger partial charge >= 0.3 is 6.03 Å². The quantitative estimate of drug-likeness (QED) is 0.425. The Morgan fingerprint density at radius 2 is 1.79 bits per heavy atom. The molecule has 2 atom stereocenters. The van der Waals surface area contributed by atoms with E-state index in [1.54, 1.807) is 28.9 Å². The number of anilines is 2. The van der Waals surface area contributed by atoms with Gasteiger partial charge in [0.05, 0.1) is 19.9 Å². The highest BCUT2D eigenvalue weighted by molar-refractivity contribution is 5.99. The van der Waals surface area contributed by atoms with Gasteiger partial charge in [-0.3, -0.25) is 15.4 Å². The van der Waals surface area contributed by atoms with Crippen LogP contribution in [0.5, 0.6) is 11.5 Å². The third-order valence-electron chi connectivity index (χ3n) is 5.52. The summed E-state index contributed by atoms with van der Waals surface area (Å²) in [6.07, 6.45) is 0.578. The molecule has 1 fully saturated rings. The van der Waals surface area contributed by atoms with Crippen LogP contribution in [0.3, 0.4) is 0 Å². The van der Waals surface area contributed by atoms with Crippen LogP contribution in [0.1, 0.15) is 26.1 Å². The number of benzene rings is 2. The van der Waals surface area contributed by atoms with Crippen LogP contribution in [-0.2, 0) is 4.79 Å². The molecule has 4 N–H and O–H groups in total.